The Bertz CT molecular complexity index is 734. The minimum Gasteiger partial charge on any atom is -0.508 e. The van der Waals surface area contributed by atoms with Crippen LogP contribution in [0.5, 0.6) is 5.75 Å². The molecule has 1 fully saturated rings. The number of nitrogens with zero attached hydrogens (tertiary/aromatic N) is 1. The first-order valence-corrected chi connectivity index (χ1v) is 8.44. The van der Waals surface area contributed by atoms with Crippen LogP contribution < -0.4 is 10.6 Å². The van der Waals surface area contributed by atoms with E-state index in [4.69, 9.17) is 23.2 Å². The van der Waals surface area contributed by atoms with Crippen molar-refractivity contribution in [2.24, 2.45) is 0 Å². The second-order valence-corrected chi connectivity index (χ2v) is 6.45. The van der Waals surface area contributed by atoms with Gasteiger partial charge in [0.25, 0.3) is 0 Å². The van der Waals surface area contributed by atoms with Crippen LogP contribution in [0.2, 0.25) is 10.0 Å². The molecule has 3 rings (SSSR count). The minimum absolute atomic E-state index is 0.0223. The molecule has 1 unspecified atom stereocenters. The van der Waals surface area contributed by atoms with E-state index in [-0.39, 0.29) is 22.7 Å². The molecule has 0 saturated carbocycles. The van der Waals surface area contributed by atoms with E-state index in [2.05, 4.69) is 15.6 Å². The van der Waals surface area contributed by atoms with Crippen molar-refractivity contribution in [3.05, 3.63) is 57.8 Å². The lowest BCUT2D eigenvalue weighted by Crippen LogP contribution is -2.42. The van der Waals surface area contributed by atoms with Gasteiger partial charge in [0, 0.05) is 18.0 Å². The maximum Gasteiger partial charge on any atom is 0.237 e. The van der Waals surface area contributed by atoms with Gasteiger partial charge in [0.2, 0.25) is 5.91 Å². The zero-order valence-corrected chi connectivity index (χ0v) is 14.3. The lowest BCUT2D eigenvalue weighted by atomic mass is 9.98. The van der Waals surface area contributed by atoms with E-state index in [1.807, 2.05) is 0 Å². The second kappa shape index (κ2) is 7.38. The van der Waals surface area contributed by atoms with Gasteiger partial charge in [-0.3, -0.25) is 9.78 Å². The van der Waals surface area contributed by atoms with Gasteiger partial charge in [-0.1, -0.05) is 23.2 Å². The van der Waals surface area contributed by atoms with E-state index >= 15 is 0 Å². The fraction of sp³-hybridized carbons (Fsp3) is 0.294. The van der Waals surface area contributed by atoms with E-state index in [1.165, 1.54) is 12.1 Å². The maximum atomic E-state index is 12.6. The number of halogens is 2. The van der Waals surface area contributed by atoms with Crippen molar-refractivity contribution in [2.75, 3.05) is 6.54 Å². The highest BCUT2D eigenvalue weighted by molar-refractivity contribution is 6.42. The van der Waals surface area contributed by atoms with Gasteiger partial charge in [0.15, 0.2) is 0 Å². The standard InChI is InChI=1S/C17H17Cl2N3O2/c18-11-3-4-13(23)14(15(11)19)16(10-5-8-20-9-6-10)22-17(24)12-2-1-7-21-12/h3-6,8-9,12,16,21,23H,1-2,7H2,(H,22,24)/t12-,16?/m0/s1. The van der Waals surface area contributed by atoms with Crippen LogP contribution in [0, 0.1) is 0 Å². The van der Waals surface area contributed by atoms with Crippen LogP contribution >= 0.6 is 23.2 Å². The summed E-state index contributed by atoms with van der Waals surface area (Å²) in [6, 6.07) is 5.67. The zero-order chi connectivity index (χ0) is 17.1. The number of hydrogen-bond donors (Lipinski definition) is 3. The second-order valence-electron chi connectivity index (χ2n) is 5.67. The van der Waals surface area contributed by atoms with Crippen molar-refractivity contribution < 1.29 is 9.90 Å². The Kier molecular flexibility index (Phi) is 5.23. The molecule has 1 saturated heterocycles. The number of hydrogen-bond acceptors (Lipinski definition) is 4. The van der Waals surface area contributed by atoms with Crippen LogP contribution in [0.15, 0.2) is 36.7 Å². The molecule has 1 aliphatic rings. The molecule has 0 spiro atoms. The predicted molar refractivity (Wildman–Crippen MR) is 93.4 cm³/mol. The third-order valence-corrected chi connectivity index (χ3v) is 4.92. The molecule has 2 heterocycles. The number of phenols is 1. The number of benzene rings is 1. The normalized spacial score (nSPS) is 18.3. The molecular weight excluding hydrogens is 349 g/mol. The molecule has 0 radical (unpaired) electrons. The van der Waals surface area contributed by atoms with E-state index in [9.17, 15) is 9.90 Å². The third kappa shape index (κ3) is 3.48. The highest BCUT2D eigenvalue weighted by Gasteiger charge is 2.28. The predicted octanol–water partition coefficient (Wildman–Crippen LogP) is 3.05. The molecule has 0 bridgehead atoms. The smallest absolute Gasteiger partial charge is 0.237 e. The first-order valence-electron chi connectivity index (χ1n) is 7.68. The highest BCUT2D eigenvalue weighted by Crippen LogP contribution is 2.39. The number of pyridine rings is 1. The molecule has 7 heteroatoms. The topological polar surface area (TPSA) is 74.2 Å². The molecular formula is C17H17Cl2N3O2. The van der Waals surface area contributed by atoms with E-state index in [0.29, 0.717) is 10.6 Å². The monoisotopic (exact) mass is 365 g/mol. The summed E-state index contributed by atoms with van der Waals surface area (Å²) in [6.45, 7) is 0.821. The summed E-state index contributed by atoms with van der Waals surface area (Å²) >= 11 is 12.4. The van der Waals surface area contributed by atoms with Crippen molar-refractivity contribution in [3.63, 3.8) is 0 Å². The molecule has 1 aromatic carbocycles. The number of phenolic OH excluding ortho intramolecular Hbond substituents is 1. The molecule has 1 aromatic heterocycles. The average molecular weight is 366 g/mol. The molecule has 0 aliphatic carbocycles. The highest BCUT2D eigenvalue weighted by atomic mass is 35.5. The number of aromatic hydroxyl groups is 1. The number of rotatable bonds is 4. The Hall–Kier alpha value is -1.82. The number of nitrogens with one attached hydrogen (secondary N) is 2. The number of carbonyl (C=O) groups excluding carboxylic acids is 1. The summed E-state index contributed by atoms with van der Waals surface area (Å²) in [7, 11) is 0. The first-order chi connectivity index (χ1) is 11.6. The largest absolute Gasteiger partial charge is 0.508 e. The van der Waals surface area contributed by atoms with Gasteiger partial charge >= 0.3 is 0 Å². The summed E-state index contributed by atoms with van der Waals surface area (Å²) in [4.78, 5) is 16.6. The van der Waals surface area contributed by atoms with Crippen molar-refractivity contribution in [1.29, 1.82) is 0 Å². The van der Waals surface area contributed by atoms with Gasteiger partial charge in [0.05, 0.1) is 22.1 Å². The summed E-state index contributed by atoms with van der Waals surface area (Å²) in [6.07, 6.45) is 4.99. The fourth-order valence-electron chi connectivity index (χ4n) is 2.86. The molecule has 1 amide bonds. The Morgan fingerprint density at radius 2 is 2.04 bits per heavy atom. The van der Waals surface area contributed by atoms with Crippen LogP contribution in [0.4, 0.5) is 0 Å². The van der Waals surface area contributed by atoms with Crippen molar-refractivity contribution in [1.82, 2.24) is 15.6 Å². The van der Waals surface area contributed by atoms with Gasteiger partial charge in [-0.05, 0) is 49.2 Å². The number of amides is 1. The number of carbonyl (C=O) groups is 1. The molecule has 3 N–H and O–H groups in total. The Morgan fingerprint density at radius 1 is 1.29 bits per heavy atom. The van der Waals surface area contributed by atoms with E-state index in [0.717, 1.165) is 24.9 Å². The Balaban J connectivity index is 2.00. The maximum absolute atomic E-state index is 12.6. The third-order valence-electron chi connectivity index (χ3n) is 4.10. The fourth-order valence-corrected chi connectivity index (χ4v) is 3.29. The summed E-state index contributed by atoms with van der Waals surface area (Å²) < 4.78 is 0. The van der Waals surface area contributed by atoms with Crippen LogP contribution in [-0.4, -0.2) is 28.6 Å². The van der Waals surface area contributed by atoms with Crippen LogP contribution in [0.25, 0.3) is 0 Å². The van der Waals surface area contributed by atoms with E-state index in [1.54, 1.807) is 24.5 Å². The van der Waals surface area contributed by atoms with Gasteiger partial charge in [0.1, 0.15) is 5.75 Å². The Labute approximate surface area is 150 Å². The van der Waals surface area contributed by atoms with Gasteiger partial charge in [-0.2, -0.15) is 0 Å². The molecule has 2 atom stereocenters. The molecule has 24 heavy (non-hydrogen) atoms. The van der Waals surface area contributed by atoms with Gasteiger partial charge in [-0.25, -0.2) is 0 Å². The zero-order valence-electron chi connectivity index (χ0n) is 12.8. The van der Waals surface area contributed by atoms with Crippen LogP contribution in [0.1, 0.15) is 30.0 Å². The molecule has 2 aromatic rings. The average Bonchev–Trinajstić information content (AvgIpc) is 3.13. The summed E-state index contributed by atoms with van der Waals surface area (Å²) in [5.74, 6) is -0.157. The number of aromatic nitrogens is 1. The van der Waals surface area contributed by atoms with Crippen molar-refractivity contribution >= 4 is 29.1 Å². The van der Waals surface area contributed by atoms with Crippen molar-refractivity contribution in [3.8, 4) is 5.75 Å². The van der Waals surface area contributed by atoms with Gasteiger partial charge in [-0.15, -0.1) is 0 Å². The first kappa shape index (κ1) is 17.0. The molecule has 126 valence electrons. The van der Waals surface area contributed by atoms with Gasteiger partial charge < -0.3 is 15.7 Å². The SMILES string of the molecule is O=C(NC(c1ccncc1)c1c(O)ccc(Cl)c1Cl)[C@@H]1CCCN1. The van der Waals surface area contributed by atoms with Crippen LogP contribution in [0.3, 0.4) is 0 Å². The molecule has 1 aliphatic heterocycles. The summed E-state index contributed by atoms with van der Waals surface area (Å²) in [5, 5.41) is 17.0. The lowest BCUT2D eigenvalue weighted by molar-refractivity contribution is -0.123. The van der Waals surface area contributed by atoms with Crippen molar-refractivity contribution in [2.45, 2.75) is 24.9 Å². The minimum atomic E-state index is -0.617. The molecule has 5 nitrogen and oxygen atoms in total. The quantitative estimate of drug-likeness (QED) is 0.778. The van der Waals surface area contributed by atoms with Crippen LogP contribution in [-0.2, 0) is 4.79 Å². The summed E-state index contributed by atoms with van der Waals surface area (Å²) in [5.41, 5.74) is 1.14. The lowest BCUT2D eigenvalue weighted by Gasteiger charge is -2.24. The Morgan fingerprint density at radius 3 is 2.71 bits per heavy atom. The van der Waals surface area contributed by atoms with E-state index < -0.39 is 6.04 Å².